The van der Waals surface area contributed by atoms with E-state index in [0.717, 1.165) is 16.8 Å². The molecule has 94 valence electrons. The van der Waals surface area contributed by atoms with Crippen molar-refractivity contribution in [1.82, 2.24) is 10.4 Å². The zero-order valence-electron chi connectivity index (χ0n) is 10.3. The van der Waals surface area contributed by atoms with Crippen LogP contribution in [0.5, 0.6) is 0 Å². The third-order valence-electron chi connectivity index (χ3n) is 3.03. The van der Waals surface area contributed by atoms with Crippen LogP contribution < -0.4 is 11.2 Å². The van der Waals surface area contributed by atoms with E-state index in [4.69, 9.17) is 5.73 Å². The van der Waals surface area contributed by atoms with E-state index >= 15 is 0 Å². The van der Waals surface area contributed by atoms with Crippen molar-refractivity contribution < 1.29 is 0 Å². The number of nitrogens with one attached hydrogen (secondary N) is 1. The summed E-state index contributed by atoms with van der Waals surface area (Å²) in [5, 5.41) is 4.00. The van der Waals surface area contributed by atoms with Gasteiger partial charge in [0.1, 0.15) is 5.82 Å². The molecule has 2 aromatic rings. The van der Waals surface area contributed by atoms with Crippen LogP contribution in [0.3, 0.4) is 0 Å². The normalized spacial score (nSPS) is 17.7. The molecule has 0 amide bonds. The summed E-state index contributed by atoms with van der Waals surface area (Å²) in [5.41, 5.74) is 11.6. The van der Waals surface area contributed by atoms with Gasteiger partial charge in [0, 0.05) is 23.9 Å². The maximum absolute atomic E-state index is 5.70. The molecule has 0 radical (unpaired) electrons. The molecular formula is C15H14N4. The number of aromatic nitrogens is 1. The van der Waals surface area contributed by atoms with Gasteiger partial charge in [-0.1, -0.05) is 36.4 Å². The highest BCUT2D eigenvalue weighted by Crippen LogP contribution is 2.21. The van der Waals surface area contributed by atoms with Crippen LogP contribution in [0.15, 0.2) is 65.7 Å². The van der Waals surface area contributed by atoms with Crippen LogP contribution in [0.25, 0.3) is 11.3 Å². The lowest BCUT2D eigenvalue weighted by atomic mass is 10.0. The van der Waals surface area contributed by atoms with Gasteiger partial charge in [0.05, 0.1) is 5.69 Å². The largest absolute Gasteiger partial charge is 0.384 e. The molecule has 0 aliphatic carbocycles. The second-order valence-electron chi connectivity index (χ2n) is 4.38. The average Bonchev–Trinajstić information content (AvgIpc) is 2.48. The van der Waals surface area contributed by atoms with Crippen LogP contribution in [0, 0.1) is 0 Å². The Labute approximate surface area is 111 Å². The Hall–Kier alpha value is -2.62. The number of hydrazone groups is 1. The van der Waals surface area contributed by atoms with Gasteiger partial charge in [0.15, 0.2) is 0 Å². The van der Waals surface area contributed by atoms with Crippen LogP contribution in [0.1, 0.15) is 11.5 Å². The summed E-state index contributed by atoms with van der Waals surface area (Å²) in [6.07, 6.45) is 5.61. The first-order valence-electron chi connectivity index (χ1n) is 6.11. The number of hydrogen-bond acceptors (Lipinski definition) is 4. The quantitative estimate of drug-likeness (QED) is 0.859. The molecule has 4 nitrogen and oxygen atoms in total. The first kappa shape index (κ1) is 11.5. The van der Waals surface area contributed by atoms with Crippen molar-refractivity contribution in [1.29, 1.82) is 0 Å². The minimum atomic E-state index is 0.0820. The summed E-state index contributed by atoms with van der Waals surface area (Å²) in [6.45, 7) is 0. The Morgan fingerprint density at radius 2 is 1.89 bits per heavy atom. The lowest BCUT2D eigenvalue weighted by Gasteiger charge is -2.14. The van der Waals surface area contributed by atoms with Crippen LogP contribution in [-0.2, 0) is 0 Å². The molecule has 2 heterocycles. The summed E-state index contributed by atoms with van der Waals surface area (Å²) in [5.74, 6) is 0.651. The van der Waals surface area contributed by atoms with Crippen molar-refractivity contribution in [3.05, 3.63) is 66.1 Å². The fourth-order valence-corrected chi connectivity index (χ4v) is 2.03. The van der Waals surface area contributed by atoms with Crippen LogP contribution >= 0.6 is 0 Å². The van der Waals surface area contributed by atoms with Crippen molar-refractivity contribution in [2.24, 2.45) is 10.8 Å². The van der Waals surface area contributed by atoms with Gasteiger partial charge in [-0.2, -0.15) is 5.10 Å². The molecule has 1 aromatic heterocycles. The van der Waals surface area contributed by atoms with Gasteiger partial charge in [0.2, 0.25) is 0 Å². The second-order valence-corrected chi connectivity index (χ2v) is 4.38. The van der Waals surface area contributed by atoms with E-state index in [-0.39, 0.29) is 5.92 Å². The van der Waals surface area contributed by atoms with E-state index in [1.807, 2.05) is 54.9 Å². The lowest BCUT2D eigenvalue weighted by molar-refractivity contribution is 0.828. The minimum absolute atomic E-state index is 0.0820. The topological polar surface area (TPSA) is 63.3 Å². The summed E-state index contributed by atoms with van der Waals surface area (Å²) >= 11 is 0. The molecule has 1 atom stereocenters. The summed E-state index contributed by atoms with van der Waals surface area (Å²) in [7, 11) is 0. The molecule has 19 heavy (non-hydrogen) atoms. The molecule has 0 saturated carbocycles. The molecule has 3 rings (SSSR count). The predicted molar refractivity (Wildman–Crippen MR) is 76.3 cm³/mol. The van der Waals surface area contributed by atoms with E-state index in [9.17, 15) is 0 Å². The molecule has 1 aliphatic heterocycles. The zero-order valence-corrected chi connectivity index (χ0v) is 10.3. The van der Waals surface area contributed by atoms with Crippen molar-refractivity contribution in [3.8, 4) is 11.3 Å². The maximum Gasteiger partial charge on any atom is 0.114 e. The Bertz CT molecular complexity index is 614. The van der Waals surface area contributed by atoms with Gasteiger partial charge >= 0.3 is 0 Å². The zero-order chi connectivity index (χ0) is 13.1. The number of nitrogens with zero attached hydrogens (tertiary/aromatic N) is 2. The number of hydrogen-bond donors (Lipinski definition) is 2. The molecular weight excluding hydrogens is 236 g/mol. The maximum atomic E-state index is 5.70. The Morgan fingerprint density at radius 3 is 2.58 bits per heavy atom. The highest BCUT2D eigenvalue weighted by atomic mass is 15.3. The molecule has 1 unspecified atom stereocenters. The van der Waals surface area contributed by atoms with E-state index in [1.54, 1.807) is 0 Å². The SMILES string of the molecule is NC1=CC(c2ccc(-c3ccccc3)nc2)C=NN1. The van der Waals surface area contributed by atoms with E-state index in [2.05, 4.69) is 21.6 Å². The van der Waals surface area contributed by atoms with Crippen molar-refractivity contribution in [3.63, 3.8) is 0 Å². The first-order chi connectivity index (χ1) is 9.33. The van der Waals surface area contributed by atoms with Gasteiger partial charge in [-0.3, -0.25) is 10.4 Å². The molecule has 4 heteroatoms. The lowest BCUT2D eigenvalue weighted by Crippen LogP contribution is -2.20. The van der Waals surface area contributed by atoms with Crippen molar-refractivity contribution in [2.75, 3.05) is 0 Å². The number of rotatable bonds is 2. The monoisotopic (exact) mass is 250 g/mol. The van der Waals surface area contributed by atoms with Crippen molar-refractivity contribution in [2.45, 2.75) is 5.92 Å². The van der Waals surface area contributed by atoms with Gasteiger partial charge in [-0.25, -0.2) is 0 Å². The third kappa shape index (κ3) is 2.47. The van der Waals surface area contributed by atoms with Crippen LogP contribution in [0.4, 0.5) is 0 Å². The van der Waals surface area contributed by atoms with E-state index in [0.29, 0.717) is 5.82 Å². The number of benzene rings is 1. The average molecular weight is 250 g/mol. The highest BCUT2D eigenvalue weighted by molar-refractivity contribution is 5.72. The molecule has 0 saturated heterocycles. The Balaban J connectivity index is 1.87. The van der Waals surface area contributed by atoms with E-state index in [1.165, 1.54) is 0 Å². The molecule has 3 N–H and O–H groups in total. The van der Waals surface area contributed by atoms with Crippen LogP contribution in [0.2, 0.25) is 0 Å². The number of allylic oxidation sites excluding steroid dienone is 1. The van der Waals surface area contributed by atoms with Gasteiger partial charge in [0.25, 0.3) is 0 Å². The summed E-state index contributed by atoms with van der Waals surface area (Å²) in [4.78, 5) is 4.50. The molecule has 0 fully saturated rings. The van der Waals surface area contributed by atoms with Gasteiger partial charge < -0.3 is 5.73 Å². The Kier molecular flexibility index (Phi) is 2.98. The van der Waals surface area contributed by atoms with Gasteiger partial charge in [-0.05, 0) is 17.7 Å². The number of pyridine rings is 1. The minimum Gasteiger partial charge on any atom is -0.384 e. The predicted octanol–water partition coefficient (Wildman–Crippen LogP) is 2.22. The third-order valence-corrected chi connectivity index (χ3v) is 3.03. The molecule has 0 spiro atoms. The summed E-state index contributed by atoms with van der Waals surface area (Å²) < 4.78 is 0. The summed E-state index contributed by atoms with van der Waals surface area (Å²) in [6, 6.07) is 14.2. The molecule has 0 bridgehead atoms. The Morgan fingerprint density at radius 1 is 1.05 bits per heavy atom. The highest BCUT2D eigenvalue weighted by Gasteiger charge is 2.11. The first-order valence-corrected chi connectivity index (χ1v) is 6.11. The van der Waals surface area contributed by atoms with Crippen LogP contribution in [-0.4, -0.2) is 11.2 Å². The number of nitrogens with two attached hydrogens (primary N) is 1. The molecule has 1 aliphatic rings. The van der Waals surface area contributed by atoms with Gasteiger partial charge in [-0.15, -0.1) is 0 Å². The standard InChI is InChI=1S/C15H14N4/c16-15-8-13(10-18-19-15)12-6-7-14(17-9-12)11-4-2-1-3-5-11/h1-10,13,19H,16H2. The van der Waals surface area contributed by atoms with Crippen molar-refractivity contribution >= 4 is 6.21 Å². The smallest absolute Gasteiger partial charge is 0.114 e. The van der Waals surface area contributed by atoms with E-state index < -0.39 is 0 Å². The fourth-order valence-electron chi connectivity index (χ4n) is 2.03. The molecule has 1 aromatic carbocycles. The fraction of sp³-hybridized carbons (Fsp3) is 0.0667. The second kappa shape index (κ2) is 4.94.